The van der Waals surface area contributed by atoms with Crippen molar-refractivity contribution in [3.05, 3.63) is 77.7 Å². The number of hydrogen-bond acceptors (Lipinski definition) is 6. The molecule has 0 saturated heterocycles. The zero-order chi connectivity index (χ0) is 24.9. The fraction of sp³-hybridized carbons (Fsp3) is 0.393. The molecule has 35 heavy (non-hydrogen) atoms. The van der Waals surface area contributed by atoms with Crippen LogP contribution in [0.2, 0.25) is 0 Å². The Morgan fingerprint density at radius 3 is 2.71 bits per heavy atom. The summed E-state index contributed by atoms with van der Waals surface area (Å²) in [5.41, 5.74) is 4.56. The SMILES string of the molecule is Cc1ccccc1-c1cnc2c(c1)C(=O)N([C@@H](C)CO)C[C@@H](C)[C@@H](CN(C)Cc1cccnc1)O2. The van der Waals surface area contributed by atoms with Crippen molar-refractivity contribution in [2.75, 3.05) is 26.7 Å². The van der Waals surface area contributed by atoms with Crippen LogP contribution in [0.1, 0.15) is 35.3 Å². The predicted octanol–water partition coefficient (Wildman–Crippen LogP) is 3.80. The van der Waals surface area contributed by atoms with Gasteiger partial charge in [0.05, 0.1) is 12.6 Å². The average molecular weight is 475 g/mol. The minimum Gasteiger partial charge on any atom is -0.472 e. The molecule has 0 bridgehead atoms. The van der Waals surface area contributed by atoms with Gasteiger partial charge in [0, 0.05) is 49.7 Å². The smallest absolute Gasteiger partial charge is 0.259 e. The molecule has 1 amide bonds. The minimum absolute atomic E-state index is 0.0373. The summed E-state index contributed by atoms with van der Waals surface area (Å²) in [4.78, 5) is 26.4. The minimum atomic E-state index is -0.313. The molecule has 1 aliphatic heterocycles. The number of aliphatic hydroxyl groups is 1. The molecule has 7 heteroatoms. The summed E-state index contributed by atoms with van der Waals surface area (Å²) >= 11 is 0. The molecule has 3 aromatic rings. The number of hydrogen-bond donors (Lipinski definition) is 1. The van der Waals surface area contributed by atoms with E-state index in [4.69, 9.17) is 4.74 Å². The number of aliphatic hydroxyl groups excluding tert-OH is 1. The Kier molecular flexibility index (Phi) is 7.78. The summed E-state index contributed by atoms with van der Waals surface area (Å²) in [7, 11) is 2.05. The Labute approximate surface area is 207 Å². The number of fused-ring (bicyclic) bond motifs is 1. The average Bonchev–Trinajstić information content (AvgIpc) is 2.86. The number of aromatic nitrogens is 2. The molecule has 0 saturated carbocycles. The number of likely N-dealkylation sites (N-methyl/N-ethyl adjacent to an activating group) is 1. The molecule has 1 aliphatic rings. The second-order valence-corrected chi connectivity index (χ2v) is 9.57. The van der Waals surface area contributed by atoms with Crippen molar-refractivity contribution < 1.29 is 14.6 Å². The van der Waals surface area contributed by atoms with Crippen LogP contribution in [0.25, 0.3) is 11.1 Å². The fourth-order valence-electron chi connectivity index (χ4n) is 4.54. The number of nitrogens with zero attached hydrogens (tertiary/aromatic N) is 4. The van der Waals surface area contributed by atoms with Crippen LogP contribution in [0.3, 0.4) is 0 Å². The molecule has 3 atom stereocenters. The highest BCUT2D eigenvalue weighted by atomic mass is 16.5. The number of aryl methyl sites for hydroxylation is 1. The highest BCUT2D eigenvalue weighted by molar-refractivity contribution is 5.98. The lowest BCUT2D eigenvalue weighted by Crippen LogP contribution is -2.49. The molecular weight excluding hydrogens is 440 g/mol. The van der Waals surface area contributed by atoms with Gasteiger partial charge in [-0.05, 0) is 49.7 Å². The number of carbonyl (C=O) groups excluding carboxylic acids is 1. The molecule has 2 aromatic heterocycles. The van der Waals surface area contributed by atoms with Crippen molar-refractivity contribution in [1.29, 1.82) is 0 Å². The van der Waals surface area contributed by atoms with Gasteiger partial charge in [-0.25, -0.2) is 4.98 Å². The van der Waals surface area contributed by atoms with E-state index < -0.39 is 0 Å². The van der Waals surface area contributed by atoms with E-state index in [0.717, 1.165) is 28.8 Å². The Morgan fingerprint density at radius 1 is 1.20 bits per heavy atom. The van der Waals surface area contributed by atoms with E-state index in [2.05, 4.69) is 34.9 Å². The third-order valence-electron chi connectivity index (χ3n) is 6.64. The van der Waals surface area contributed by atoms with Gasteiger partial charge >= 0.3 is 0 Å². The standard InChI is InChI=1S/C28H34N4O3/c1-19-8-5-6-10-24(19)23-12-25-27(30-14-23)35-26(17-31(4)16-22-9-7-11-29-13-22)20(2)15-32(28(25)34)21(3)18-33/h5-14,20-21,26,33H,15-18H2,1-4H3/t20-,21+,26-/m1/s1. The first-order chi connectivity index (χ1) is 16.9. The largest absolute Gasteiger partial charge is 0.472 e. The van der Waals surface area contributed by atoms with Crippen molar-refractivity contribution in [3.63, 3.8) is 0 Å². The molecule has 0 unspecified atom stereocenters. The second kappa shape index (κ2) is 11.0. The lowest BCUT2D eigenvalue weighted by Gasteiger charge is -2.37. The summed E-state index contributed by atoms with van der Waals surface area (Å²) in [6, 6.07) is 13.6. The monoisotopic (exact) mass is 474 g/mol. The van der Waals surface area contributed by atoms with Crippen molar-refractivity contribution in [2.24, 2.45) is 5.92 Å². The summed E-state index contributed by atoms with van der Waals surface area (Å²) in [6.45, 7) is 7.77. The first kappa shape index (κ1) is 24.8. The van der Waals surface area contributed by atoms with Crippen molar-refractivity contribution in [2.45, 2.75) is 39.5 Å². The highest BCUT2D eigenvalue weighted by Gasteiger charge is 2.34. The van der Waals surface area contributed by atoms with E-state index in [1.165, 1.54) is 0 Å². The molecule has 7 nitrogen and oxygen atoms in total. The predicted molar refractivity (Wildman–Crippen MR) is 136 cm³/mol. The van der Waals surface area contributed by atoms with Gasteiger partial charge in [0.1, 0.15) is 11.7 Å². The van der Waals surface area contributed by atoms with Crippen molar-refractivity contribution in [3.8, 4) is 17.0 Å². The van der Waals surface area contributed by atoms with Crippen LogP contribution in [-0.2, 0) is 6.54 Å². The van der Waals surface area contributed by atoms with E-state index in [0.29, 0.717) is 24.5 Å². The molecule has 0 radical (unpaired) electrons. The maximum absolute atomic E-state index is 13.7. The van der Waals surface area contributed by atoms with Crippen molar-refractivity contribution in [1.82, 2.24) is 19.8 Å². The van der Waals surface area contributed by atoms with Gasteiger partial charge in [0.25, 0.3) is 5.91 Å². The van der Waals surface area contributed by atoms with E-state index in [9.17, 15) is 9.90 Å². The van der Waals surface area contributed by atoms with Crippen LogP contribution in [-0.4, -0.2) is 69.7 Å². The Hall–Kier alpha value is -3.29. The molecule has 184 valence electrons. The van der Waals surface area contributed by atoms with Crippen LogP contribution in [0.5, 0.6) is 5.88 Å². The summed E-state index contributed by atoms with van der Waals surface area (Å²) in [6.07, 6.45) is 5.22. The zero-order valence-corrected chi connectivity index (χ0v) is 20.9. The molecule has 0 fully saturated rings. The van der Waals surface area contributed by atoms with E-state index in [1.807, 2.05) is 56.4 Å². The third-order valence-corrected chi connectivity index (χ3v) is 6.64. The van der Waals surface area contributed by atoms with Gasteiger partial charge in [-0.15, -0.1) is 0 Å². The van der Waals surface area contributed by atoms with Gasteiger partial charge in [-0.1, -0.05) is 37.3 Å². The summed E-state index contributed by atoms with van der Waals surface area (Å²) < 4.78 is 6.43. The molecule has 1 N–H and O–H groups in total. The number of pyridine rings is 2. The normalized spacial score (nSPS) is 19.0. The molecule has 0 spiro atoms. The number of carbonyl (C=O) groups is 1. The van der Waals surface area contributed by atoms with Crippen LogP contribution >= 0.6 is 0 Å². The Balaban J connectivity index is 1.67. The van der Waals surface area contributed by atoms with Gasteiger partial charge in [-0.3, -0.25) is 14.7 Å². The second-order valence-electron chi connectivity index (χ2n) is 9.57. The molecule has 3 heterocycles. The first-order valence-corrected chi connectivity index (χ1v) is 12.1. The maximum Gasteiger partial charge on any atom is 0.259 e. The van der Waals surface area contributed by atoms with E-state index in [-0.39, 0.29) is 30.6 Å². The van der Waals surface area contributed by atoms with E-state index >= 15 is 0 Å². The number of ether oxygens (including phenoxy) is 1. The summed E-state index contributed by atoms with van der Waals surface area (Å²) in [5.74, 6) is 0.211. The molecule has 4 rings (SSSR count). The quantitative estimate of drug-likeness (QED) is 0.561. The van der Waals surface area contributed by atoms with Crippen LogP contribution in [0, 0.1) is 12.8 Å². The maximum atomic E-state index is 13.7. The number of benzene rings is 1. The Morgan fingerprint density at radius 2 is 2.00 bits per heavy atom. The molecular formula is C28H34N4O3. The number of amides is 1. The fourth-order valence-corrected chi connectivity index (χ4v) is 4.54. The van der Waals surface area contributed by atoms with E-state index in [1.54, 1.807) is 17.3 Å². The van der Waals surface area contributed by atoms with Crippen LogP contribution in [0.15, 0.2) is 61.1 Å². The van der Waals surface area contributed by atoms with Crippen LogP contribution in [0.4, 0.5) is 0 Å². The lowest BCUT2D eigenvalue weighted by atomic mass is 9.98. The molecule has 1 aromatic carbocycles. The Bertz CT molecular complexity index is 1150. The zero-order valence-electron chi connectivity index (χ0n) is 20.9. The number of rotatable bonds is 7. The third kappa shape index (κ3) is 5.69. The first-order valence-electron chi connectivity index (χ1n) is 12.1. The molecule has 0 aliphatic carbocycles. The van der Waals surface area contributed by atoms with Gasteiger partial charge in [0.15, 0.2) is 0 Å². The van der Waals surface area contributed by atoms with Crippen molar-refractivity contribution >= 4 is 5.91 Å². The van der Waals surface area contributed by atoms with Crippen LogP contribution < -0.4 is 4.74 Å². The topological polar surface area (TPSA) is 78.8 Å². The van der Waals surface area contributed by atoms with Gasteiger partial charge in [-0.2, -0.15) is 0 Å². The van der Waals surface area contributed by atoms with Gasteiger partial charge in [0.2, 0.25) is 5.88 Å². The van der Waals surface area contributed by atoms with Gasteiger partial charge < -0.3 is 14.7 Å². The lowest BCUT2D eigenvalue weighted by molar-refractivity contribution is 0.0325. The summed E-state index contributed by atoms with van der Waals surface area (Å²) in [5, 5.41) is 9.89. The highest BCUT2D eigenvalue weighted by Crippen LogP contribution is 2.31.